The lowest BCUT2D eigenvalue weighted by Gasteiger charge is -2.38. The van der Waals surface area contributed by atoms with Gasteiger partial charge < -0.3 is 10.4 Å². The highest BCUT2D eigenvalue weighted by atomic mass is 16.3. The van der Waals surface area contributed by atoms with Crippen LogP contribution in [0.2, 0.25) is 0 Å². The van der Waals surface area contributed by atoms with Gasteiger partial charge in [-0.25, -0.2) is 0 Å². The van der Waals surface area contributed by atoms with E-state index in [1.807, 2.05) is 0 Å². The van der Waals surface area contributed by atoms with Crippen LogP contribution in [-0.2, 0) is 4.79 Å². The molecule has 0 aromatic rings. The highest BCUT2D eigenvalue weighted by Crippen LogP contribution is 2.31. The summed E-state index contributed by atoms with van der Waals surface area (Å²) >= 11 is 0. The van der Waals surface area contributed by atoms with Crippen molar-refractivity contribution in [3.05, 3.63) is 0 Å². The Morgan fingerprint density at radius 2 is 2.11 bits per heavy atom. The number of unbranched alkanes of at least 4 members (excludes halogenated alkanes) is 2. The molecular weight excluding hydrogens is 226 g/mol. The van der Waals surface area contributed by atoms with Gasteiger partial charge in [0.2, 0.25) is 5.91 Å². The molecule has 1 rings (SSSR count). The van der Waals surface area contributed by atoms with Gasteiger partial charge in [-0.2, -0.15) is 0 Å². The molecule has 0 aromatic heterocycles. The highest BCUT2D eigenvalue weighted by Gasteiger charge is 2.34. The maximum Gasteiger partial charge on any atom is 0.220 e. The van der Waals surface area contributed by atoms with Crippen molar-refractivity contribution in [3.8, 4) is 12.3 Å². The molecule has 0 aromatic carbocycles. The molecule has 1 saturated carbocycles. The van der Waals surface area contributed by atoms with Gasteiger partial charge in [0.05, 0.1) is 12.1 Å². The lowest BCUT2D eigenvalue weighted by molar-refractivity contribution is -0.124. The Balaban J connectivity index is 2.34. The van der Waals surface area contributed by atoms with Crippen LogP contribution in [0.5, 0.6) is 0 Å². The summed E-state index contributed by atoms with van der Waals surface area (Å²) in [5.74, 6) is 3.33. The first-order valence-corrected chi connectivity index (χ1v) is 6.97. The predicted octanol–water partition coefficient (Wildman–Crippen LogP) is 2.24. The van der Waals surface area contributed by atoms with Gasteiger partial charge in [0, 0.05) is 12.8 Å². The smallest absolute Gasteiger partial charge is 0.220 e. The lowest BCUT2D eigenvalue weighted by Crippen LogP contribution is -2.53. The lowest BCUT2D eigenvalue weighted by atomic mass is 9.77. The van der Waals surface area contributed by atoms with Crippen molar-refractivity contribution < 1.29 is 9.90 Å². The maximum absolute atomic E-state index is 11.8. The predicted molar refractivity (Wildman–Crippen MR) is 72.9 cm³/mol. The zero-order valence-electron chi connectivity index (χ0n) is 11.4. The van der Waals surface area contributed by atoms with E-state index in [1.165, 1.54) is 0 Å². The van der Waals surface area contributed by atoms with Crippen LogP contribution in [0.1, 0.15) is 58.3 Å². The summed E-state index contributed by atoms with van der Waals surface area (Å²) in [6, 6.07) is 0. The van der Waals surface area contributed by atoms with E-state index in [0.717, 1.165) is 44.9 Å². The molecule has 18 heavy (non-hydrogen) atoms. The molecule has 0 radical (unpaired) electrons. The van der Waals surface area contributed by atoms with Crippen molar-refractivity contribution in [2.45, 2.75) is 63.8 Å². The average Bonchev–Trinajstić information content (AvgIpc) is 2.38. The van der Waals surface area contributed by atoms with Gasteiger partial charge in [0.1, 0.15) is 0 Å². The fourth-order valence-electron chi connectivity index (χ4n) is 2.51. The quantitative estimate of drug-likeness (QED) is 0.562. The third-order valence-corrected chi connectivity index (χ3v) is 3.91. The number of aliphatic hydroxyl groups is 1. The molecule has 0 atom stereocenters. The summed E-state index contributed by atoms with van der Waals surface area (Å²) in [4.78, 5) is 11.8. The van der Waals surface area contributed by atoms with Gasteiger partial charge in [0.25, 0.3) is 0 Å². The molecule has 0 aliphatic heterocycles. The Kier molecular flexibility index (Phi) is 6.21. The molecule has 3 heteroatoms. The van der Waals surface area contributed by atoms with Crippen molar-refractivity contribution in [2.24, 2.45) is 5.92 Å². The summed E-state index contributed by atoms with van der Waals surface area (Å²) in [6.45, 7) is 2.28. The van der Waals surface area contributed by atoms with Crippen molar-refractivity contribution in [1.82, 2.24) is 5.32 Å². The summed E-state index contributed by atoms with van der Waals surface area (Å²) in [5, 5.41) is 12.6. The zero-order chi connectivity index (χ0) is 13.4. The number of hydrogen-bond donors (Lipinski definition) is 2. The van der Waals surface area contributed by atoms with Crippen molar-refractivity contribution in [3.63, 3.8) is 0 Å². The molecule has 2 N–H and O–H groups in total. The Morgan fingerprint density at radius 3 is 2.67 bits per heavy atom. The molecule has 0 unspecified atom stereocenters. The minimum Gasteiger partial charge on any atom is -0.394 e. The maximum atomic E-state index is 11.8. The molecule has 3 nitrogen and oxygen atoms in total. The monoisotopic (exact) mass is 251 g/mol. The van der Waals surface area contributed by atoms with E-state index in [-0.39, 0.29) is 18.1 Å². The van der Waals surface area contributed by atoms with Crippen LogP contribution in [0, 0.1) is 18.3 Å². The van der Waals surface area contributed by atoms with E-state index < -0.39 is 0 Å². The molecule has 1 aliphatic rings. The molecular formula is C15H25NO2. The SMILES string of the molecule is C#CCCCCC(=O)NC1(CO)CCC(C)CC1. The van der Waals surface area contributed by atoms with Crippen LogP contribution in [0.4, 0.5) is 0 Å². The van der Waals surface area contributed by atoms with E-state index in [0.29, 0.717) is 12.3 Å². The molecule has 0 spiro atoms. The number of aliphatic hydroxyl groups excluding tert-OH is 1. The van der Waals surface area contributed by atoms with Crippen LogP contribution < -0.4 is 5.32 Å². The summed E-state index contributed by atoms with van der Waals surface area (Å²) in [6.07, 6.45) is 12.1. The number of carbonyl (C=O) groups is 1. The van der Waals surface area contributed by atoms with Crippen LogP contribution in [0.3, 0.4) is 0 Å². The van der Waals surface area contributed by atoms with Gasteiger partial charge >= 0.3 is 0 Å². The Labute approximate surface area is 110 Å². The Bertz CT molecular complexity index is 298. The second-order valence-electron chi connectivity index (χ2n) is 5.58. The minimum absolute atomic E-state index is 0.0514. The number of hydrogen-bond acceptors (Lipinski definition) is 2. The first-order valence-electron chi connectivity index (χ1n) is 6.97. The second-order valence-corrected chi connectivity index (χ2v) is 5.58. The normalized spacial score (nSPS) is 27.5. The van der Waals surface area contributed by atoms with Gasteiger partial charge in [-0.3, -0.25) is 4.79 Å². The molecule has 0 saturated heterocycles. The fraction of sp³-hybridized carbons (Fsp3) is 0.800. The number of terminal acetylenes is 1. The van der Waals surface area contributed by atoms with Crippen LogP contribution in [0.25, 0.3) is 0 Å². The molecule has 1 amide bonds. The number of carbonyl (C=O) groups excluding carboxylic acids is 1. The number of rotatable bonds is 6. The van der Waals surface area contributed by atoms with Crippen LogP contribution in [0.15, 0.2) is 0 Å². The zero-order valence-corrected chi connectivity index (χ0v) is 11.4. The average molecular weight is 251 g/mol. The highest BCUT2D eigenvalue weighted by molar-refractivity contribution is 5.76. The van der Waals surface area contributed by atoms with Gasteiger partial charge in [-0.1, -0.05) is 6.92 Å². The topological polar surface area (TPSA) is 49.3 Å². The Morgan fingerprint density at radius 1 is 1.44 bits per heavy atom. The minimum atomic E-state index is -0.365. The third-order valence-electron chi connectivity index (χ3n) is 3.91. The number of nitrogens with one attached hydrogen (secondary N) is 1. The second kappa shape index (κ2) is 7.43. The summed E-state index contributed by atoms with van der Waals surface area (Å²) in [5.41, 5.74) is -0.365. The molecule has 0 bridgehead atoms. The summed E-state index contributed by atoms with van der Waals surface area (Å²) in [7, 11) is 0. The largest absolute Gasteiger partial charge is 0.394 e. The number of amides is 1. The van der Waals surface area contributed by atoms with Crippen LogP contribution in [-0.4, -0.2) is 23.2 Å². The first kappa shape index (κ1) is 15.0. The standard InChI is InChI=1S/C15H25NO2/c1-3-4-5-6-7-14(18)16-15(12-17)10-8-13(2)9-11-15/h1,13,17H,4-12H2,2H3,(H,16,18). The van der Waals surface area contributed by atoms with E-state index in [1.54, 1.807) is 0 Å². The van der Waals surface area contributed by atoms with Gasteiger partial charge in [-0.15, -0.1) is 12.3 Å². The fourth-order valence-corrected chi connectivity index (χ4v) is 2.51. The third kappa shape index (κ3) is 4.70. The molecule has 0 heterocycles. The van der Waals surface area contributed by atoms with E-state index in [2.05, 4.69) is 18.2 Å². The molecule has 1 fully saturated rings. The molecule has 102 valence electrons. The van der Waals surface area contributed by atoms with Crippen molar-refractivity contribution in [2.75, 3.05) is 6.61 Å². The van der Waals surface area contributed by atoms with Crippen LogP contribution >= 0.6 is 0 Å². The molecule has 1 aliphatic carbocycles. The van der Waals surface area contributed by atoms with E-state index >= 15 is 0 Å². The van der Waals surface area contributed by atoms with Crippen molar-refractivity contribution in [1.29, 1.82) is 0 Å². The first-order chi connectivity index (χ1) is 8.62. The van der Waals surface area contributed by atoms with Crippen molar-refractivity contribution >= 4 is 5.91 Å². The van der Waals surface area contributed by atoms with Gasteiger partial charge in [0.15, 0.2) is 0 Å². The van der Waals surface area contributed by atoms with Gasteiger partial charge in [-0.05, 0) is 44.4 Å². The Hall–Kier alpha value is -1.01. The summed E-state index contributed by atoms with van der Waals surface area (Å²) < 4.78 is 0. The van der Waals surface area contributed by atoms with E-state index in [9.17, 15) is 9.90 Å². The van der Waals surface area contributed by atoms with E-state index in [4.69, 9.17) is 6.42 Å².